The Hall–Kier alpha value is -2.61. The van der Waals surface area contributed by atoms with Gasteiger partial charge in [-0.05, 0) is 29.8 Å². The van der Waals surface area contributed by atoms with Crippen LogP contribution in [0, 0.1) is 23.5 Å². The van der Waals surface area contributed by atoms with E-state index in [1.807, 2.05) is 6.08 Å². The first-order valence-electron chi connectivity index (χ1n) is 7.00. The van der Waals surface area contributed by atoms with Crippen molar-refractivity contribution in [2.45, 2.75) is 6.18 Å². The summed E-state index contributed by atoms with van der Waals surface area (Å²) in [5.74, 6) is -2.92. The third-order valence-corrected chi connectivity index (χ3v) is 3.71. The molecule has 2 aromatic rings. The Bertz CT molecular complexity index is 900. The molecule has 1 aliphatic heterocycles. The topological polar surface area (TPSA) is 12.4 Å². The summed E-state index contributed by atoms with van der Waals surface area (Å²) in [6.07, 6.45) is -1.59. The molecule has 1 aliphatic rings. The van der Waals surface area contributed by atoms with Crippen LogP contribution < -0.4 is 4.59 Å². The number of alkyl halides is 3. The summed E-state index contributed by atoms with van der Waals surface area (Å²) >= 11 is 0. The summed E-state index contributed by atoms with van der Waals surface area (Å²) in [7, 11) is 1.34. The van der Waals surface area contributed by atoms with E-state index in [1.165, 1.54) is 19.2 Å². The molecule has 0 bridgehead atoms. The minimum absolute atomic E-state index is 0.0895. The second-order valence-electron chi connectivity index (χ2n) is 5.54. The fourth-order valence-electron chi connectivity index (χ4n) is 2.51. The Morgan fingerprint density at radius 3 is 2.28 bits per heavy atom. The van der Waals surface area contributed by atoms with Crippen LogP contribution in [0.25, 0.3) is 11.1 Å². The molecular weight excluding hydrogens is 346 g/mol. The molecular formula is C17H10F6N2+. The quantitative estimate of drug-likeness (QED) is 0.533. The van der Waals surface area contributed by atoms with E-state index >= 15 is 0 Å². The Morgan fingerprint density at radius 1 is 0.960 bits per heavy atom. The molecule has 0 saturated heterocycles. The van der Waals surface area contributed by atoms with E-state index in [0.29, 0.717) is 0 Å². The zero-order valence-electron chi connectivity index (χ0n) is 12.7. The second-order valence-corrected chi connectivity index (χ2v) is 5.54. The number of halogens is 6. The standard InChI is InChI=1S/C17H10F6N2/c1-25(7-6-16(24-25)17(21,22)23)15-5-3-11(18)9-12(15)10-2-4-13(19)14(20)8-10/h2-5,7-9H,1H3/q+1. The average Bonchev–Trinajstić information content (AvgIpc) is 2.93. The van der Waals surface area contributed by atoms with Crippen LogP contribution in [0.2, 0.25) is 0 Å². The minimum atomic E-state index is -4.69. The van der Waals surface area contributed by atoms with Crippen LogP contribution in [0.5, 0.6) is 0 Å². The van der Waals surface area contributed by atoms with Gasteiger partial charge in [0.05, 0.1) is 6.08 Å². The van der Waals surface area contributed by atoms with Crippen LogP contribution in [0.1, 0.15) is 0 Å². The van der Waals surface area contributed by atoms with E-state index in [1.54, 1.807) is 0 Å². The molecule has 25 heavy (non-hydrogen) atoms. The third kappa shape index (κ3) is 3.17. The smallest absolute Gasteiger partial charge is 0.207 e. The molecule has 1 atom stereocenters. The van der Waals surface area contributed by atoms with Gasteiger partial charge in [0, 0.05) is 11.6 Å². The van der Waals surface area contributed by atoms with Gasteiger partial charge in [-0.2, -0.15) is 13.2 Å². The number of nitrogens with zero attached hydrogens (tertiary/aromatic N) is 2. The molecule has 129 valence electrons. The highest BCUT2D eigenvalue weighted by atomic mass is 19.4. The van der Waals surface area contributed by atoms with Crippen molar-refractivity contribution in [2.75, 3.05) is 7.05 Å². The summed E-state index contributed by atoms with van der Waals surface area (Å²) in [5.41, 5.74) is -0.863. The SMILES string of the molecule is C[N+]1(c2ccc(F)cc2-c2ccc(F)c(F)c2)C=[C]C(C(F)(F)F)=N1. The Morgan fingerprint density at radius 2 is 1.68 bits per heavy atom. The van der Waals surface area contributed by atoms with Crippen LogP contribution in [-0.2, 0) is 0 Å². The van der Waals surface area contributed by atoms with E-state index in [0.717, 1.165) is 30.5 Å². The van der Waals surface area contributed by atoms with Crippen LogP contribution in [0.4, 0.5) is 32.0 Å². The maximum absolute atomic E-state index is 13.7. The van der Waals surface area contributed by atoms with Crippen molar-refractivity contribution in [3.63, 3.8) is 0 Å². The van der Waals surface area contributed by atoms with Gasteiger partial charge in [0.1, 0.15) is 19.1 Å². The van der Waals surface area contributed by atoms with Gasteiger partial charge in [-0.15, -0.1) is 4.59 Å². The van der Waals surface area contributed by atoms with Gasteiger partial charge < -0.3 is 0 Å². The zero-order chi connectivity index (χ0) is 18.4. The summed E-state index contributed by atoms with van der Waals surface area (Å²) < 4.78 is 78.1. The van der Waals surface area contributed by atoms with Crippen LogP contribution in [0.15, 0.2) is 47.7 Å². The minimum Gasteiger partial charge on any atom is -0.207 e. The molecule has 1 unspecified atom stereocenters. The molecule has 1 heterocycles. The van der Waals surface area contributed by atoms with Gasteiger partial charge in [-0.25, -0.2) is 13.2 Å². The molecule has 1 radical (unpaired) electrons. The molecule has 0 fully saturated rings. The first kappa shape index (κ1) is 17.2. The van der Waals surface area contributed by atoms with Crippen LogP contribution in [0.3, 0.4) is 0 Å². The molecule has 0 spiro atoms. The highest BCUT2D eigenvalue weighted by Gasteiger charge is 2.43. The van der Waals surface area contributed by atoms with Crippen molar-refractivity contribution in [3.8, 4) is 11.1 Å². The molecule has 0 saturated carbocycles. The van der Waals surface area contributed by atoms with Gasteiger partial charge in [-0.1, -0.05) is 11.2 Å². The first-order valence-corrected chi connectivity index (χ1v) is 7.00. The second kappa shape index (κ2) is 5.73. The van der Waals surface area contributed by atoms with Crippen molar-refractivity contribution in [2.24, 2.45) is 5.10 Å². The number of allylic oxidation sites excluding steroid dienone is 1. The lowest BCUT2D eigenvalue weighted by Gasteiger charge is -2.23. The molecule has 0 aromatic heterocycles. The van der Waals surface area contributed by atoms with E-state index < -0.39 is 33.9 Å². The highest BCUT2D eigenvalue weighted by Crippen LogP contribution is 2.38. The number of quaternary nitrogens is 1. The number of benzene rings is 2. The fourth-order valence-corrected chi connectivity index (χ4v) is 2.51. The molecule has 0 aliphatic carbocycles. The Kier molecular flexibility index (Phi) is 3.95. The molecule has 2 nitrogen and oxygen atoms in total. The van der Waals surface area contributed by atoms with E-state index in [4.69, 9.17) is 0 Å². The lowest BCUT2D eigenvalue weighted by Crippen LogP contribution is -2.32. The highest BCUT2D eigenvalue weighted by molar-refractivity contribution is 5.98. The fraction of sp³-hybridized carbons (Fsp3) is 0.118. The van der Waals surface area contributed by atoms with Gasteiger partial charge in [0.25, 0.3) is 0 Å². The summed E-state index contributed by atoms with van der Waals surface area (Å²) in [4.78, 5) is 0. The van der Waals surface area contributed by atoms with Gasteiger partial charge >= 0.3 is 6.18 Å². The summed E-state index contributed by atoms with van der Waals surface area (Å²) in [6, 6.07) is 6.23. The van der Waals surface area contributed by atoms with Crippen molar-refractivity contribution in [1.29, 1.82) is 0 Å². The van der Waals surface area contributed by atoms with Crippen molar-refractivity contribution in [1.82, 2.24) is 4.59 Å². The lowest BCUT2D eigenvalue weighted by molar-refractivity contribution is -0.0584. The predicted molar refractivity (Wildman–Crippen MR) is 80.8 cm³/mol. The van der Waals surface area contributed by atoms with Crippen LogP contribution in [-0.4, -0.2) is 18.9 Å². The summed E-state index contributed by atoms with van der Waals surface area (Å²) in [5, 5.41) is 3.59. The molecule has 2 aromatic carbocycles. The Balaban J connectivity index is 2.17. The monoisotopic (exact) mass is 356 g/mol. The molecule has 0 N–H and O–H groups in total. The first-order chi connectivity index (χ1) is 11.6. The van der Waals surface area contributed by atoms with E-state index in [9.17, 15) is 26.3 Å². The van der Waals surface area contributed by atoms with Crippen molar-refractivity contribution < 1.29 is 26.3 Å². The maximum Gasteiger partial charge on any atom is 0.439 e. The van der Waals surface area contributed by atoms with E-state index in [2.05, 4.69) is 5.10 Å². The number of hydrogen-bond donors (Lipinski definition) is 0. The van der Waals surface area contributed by atoms with Gasteiger partial charge in [0.15, 0.2) is 17.3 Å². The van der Waals surface area contributed by atoms with Gasteiger partial charge in [0.2, 0.25) is 5.71 Å². The largest absolute Gasteiger partial charge is 0.439 e. The van der Waals surface area contributed by atoms with Crippen LogP contribution >= 0.6 is 0 Å². The van der Waals surface area contributed by atoms with Crippen molar-refractivity contribution >= 4 is 11.4 Å². The summed E-state index contributed by atoms with van der Waals surface area (Å²) in [6.45, 7) is 0. The normalized spacial score (nSPS) is 20.0. The average molecular weight is 356 g/mol. The van der Waals surface area contributed by atoms with Gasteiger partial charge in [-0.3, -0.25) is 0 Å². The molecule has 8 heteroatoms. The third-order valence-electron chi connectivity index (χ3n) is 3.71. The molecule has 0 amide bonds. The maximum atomic E-state index is 13.7. The Labute approximate surface area is 138 Å². The lowest BCUT2D eigenvalue weighted by atomic mass is 10.0. The van der Waals surface area contributed by atoms with Crippen molar-refractivity contribution in [3.05, 3.63) is 66.1 Å². The predicted octanol–water partition coefficient (Wildman–Crippen LogP) is 4.96. The number of hydrogen-bond acceptors (Lipinski definition) is 1. The van der Waals surface area contributed by atoms with E-state index in [-0.39, 0.29) is 16.8 Å². The number of rotatable bonds is 2. The zero-order valence-corrected chi connectivity index (χ0v) is 12.7. The molecule has 3 rings (SSSR count).